The molecule has 3 rings (SSSR count). The number of hydrogen-bond donors (Lipinski definition) is 2. The van der Waals surface area contributed by atoms with Gasteiger partial charge in [0.25, 0.3) is 5.91 Å². The Morgan fingerprint density at radius 2 is 1.92 bits per heavy atom. The van der Waals surface area contributed by atoms with E-state index in [-0.39, 0.29) is 5.91 Å². The SMILES string of the molecule is CCc1ccccc1Nc1ccc(NC(=O)c2cccc(Br)c2)cn1. The Bertz CT molecular complexity index is 878. The number of para-hydroxylation sites is 1. The molecule has 0 saturated carbocycles. The Kier molecular flexibility index (Phi) is 5.46. The standard InChI is InChI=1S/C20H18BrN3O/c1-2-14-6-3-4-9-18(14)24-19-11-10-17(13-22-19)23-20(25)15-7-5-8-16(21)12-15/h3-13H,2H2,1H3,(H,22,24)(H,23,25). The number of amides is 1. The second-order valence-corrected chi connectivity index (χ2v) is 6.45. The number of rotatable bonds is 5. The predicted molar refractivity (Wildman–Crippen MR) is 105 cm³/mol. The summed E-state index contributed by atoms with van der Waals surface area (Å²) in [5.41, 5.74) is 3.52. The first-order valence-corrected chi connectivity index (χ1v) is 8.83. The molecule has 1 amide bonds. The fraction of sp³-hybridized carbons (Fsp3) is 0.100. The van der Waals surface area contributed by atoms with Crippen LogP contribution in [0, 0.1) is 0 Å². The van der Waals surface area contributed by atoms with Crippen LogP contribution in [0.25, 0.3) is 0 Å². The predicted octanol–water partition coefficient (Wildman–Crippen LogP) is 5.40. The van der Waals surface area contributed by atoms with Crippen LogP contribution in [-0.2, 0) is 6.42 Å². The maximum atomic E-state index is 12.3. The highest BCUT2D eigenvalue weighted by molar-refractivity contribution is 9.10. The van der Waals surface area contributed by atoms with Crippen LogP contribution >= 0.6 is 15.9 Å². The number of halogens is 1. The van der Waals surface area contributed by atoms with Gasteiger partial charge in [0.2, 0.25) is 0 Å². The van der Waals surface area contributed by atoms with Gasteiger partial charge in [0.15, 0.2) is 0 Å². The van der Waals surface area contributed by atoms with Gasteiger partial charge < -0.3 is 10.6 Å². The van der Waals surface area contributed by atoms with Crippen LogP contribution in [0.2, 0.25) is 0 Å². The van der Waals surface area contributed by atoms with E-state index in [9.17, 15) is 4.79 Å². The van der Waals surface area contributed by atoms with Gasteiger partial charge in [0, 0.05) is 15.7 Å². The Labute approximate surface area is 155 Å². The molecule has 1 aromatic heterocycles. The van der Waals surface area contributed by atoms with Crippen LogP contribution in [0.5, 0.6) is 0 Å². The molecule has 0 spiro atoms. The summed E-state index contributed by atoms with van der Waals surface area (Å²) in [4.78, 5) is 16.6. The fourth-order valence-electron chi connectivity index (χ4n) is 2.46. The molecule has 5 heteroatoms. The van der Waals surface area contributed by atoms with Crippen LogP contribution in [0.3, 0.4) is 0 Å². The molecule has 0 fully saturated rings. The molecule has 1 heterocycles. The number of aromatic nitrogens is 1. The van der Waals surface area contributed by atoms with Crippen LogP contribution in [0.4, 0.5) is 17.2 Å². The number of anilines is 3. The zero-order valence-electron chi connectivity index (χ0n) is 13.8. The summed E-state index contributed by atoms with van der Waals surface area (Å²) in [6, 6.07) is 19.1. The van der Waals surface area contributed by atoms with E-state index < -0.39 is 0 Å². The highest BCUT2D eigenvalue weighted by Gasteiger charge is 2.07. The van der Waals surface area contributed by atoms with Crippen LogP contribution in [0.15, 0.2) is 71.3 Å². The highest BCUT2D eigenvalue weighted by atomic mass is 79.9. The zero-order chi connectivity index (χ0) is 17.6. The molecule has 3 aromatic rings. The number of carbonyl (C=O) groups excluding carboxylic acids is 1. The van der Waals surface area contributed by atoms with Crippen molar-refractivity contribution in [1.82, 2.24) is 4.98 Å². The van der Waals surface area contributed by atoms with E-state index in [1.807, 2.05) is 42.5 Å². The summed E-state index contributed by atoms with van der Waals surface area (Å²) < 4.78 is 0.868. The Hall–Kier alpha value is -2.66. The smallest absolute Gasteiger partial charge is 0.255 e. The van der Waals surface area contributed by atoms with E-state index in [0.717, 1.165) is 22.4 Å². The third kappa shape index (κ3) is 4.45. The number of aryl methyl sites for hydroxylation is 1. The van der Waals surface area contributed by atoms with Gasteiger partial charge >= 0.3 is 0 Å². The monoisotopic (exact) mass is 395 g/mol. The zero-order valence-corrected chi connectivity index (χ0v) is 15.4. The average molecular weight is 396 g/mol. The van der Waals surface area contributed by atoms with Crippen molar-refractivity contribution in [2.75, 3.05) is 10.6 Å². The summed E-state index contributed by atoms with van der Waals surface area (Å²) in [6.07, 6.45) is 2.59. The summed E-state index contributed by atoms with van der Waals surface area (Å²) >= 11 is 3.37. The Morgan fingerprint density at radius 1 is 1.08 bits per heavy atom. The van der Waals surface area contributed by atoms with Crippen molar-refractivity contribution in [3.8, 4) is 0 Å². The number of nitrogens with zero attached hydrogens (tertiary/aromatic N) is 1. The van der Waals surface area contributed by atoms with Crippen molar-refractivity contribution in [2.24, 2.45) is 0 Å². The minimum absolute atomic E-state index is 0.167. The molecule has 0 aliphatic carbocycles. The number of benzene rings is 2. The van der Waals surface area contributed by atoms with E-state index in [1.165, 1.54) is 5.56 Å². The first-order valence-electron chi connectivity index (χ1n) is 8.03. The molecular weight excluding hydrogens is 378 g/mol. The maximum Gasteiger partial charge on any atom is 0.255 e. The minimum Gasteiger partial charge on any atom is -0.340 e. The van der Waals surface area contributed by atoms with E-state index in [4.69, 9.17) is 0 Å². The molecule has 0 bridgehead atoms. The molecule has 0 aliphatic heterocycles. The van der Waals surface area contributed by atoms with Crippen LogP contribution < -0.4 is 10.6 Å². The van der Waals surface area contributed by atoms with Crippen molar-refractivity contribution < 1.29 is 4.79 Å². The second-order valence-electron chi connectivity index (χ2n) is 5.53. The largest absolute Gasteiger partial charge is 0.340 e. The first kappa shape index (κ1) is 17.2. The Balaban J connectivity index is 1.69. The lowest BCUT2D eigenvalue weighted by Gasteiger charge is -2.11. The Morgan fingerprint density at radius 3 is 2.64 bits per heavy atom. The number of pyridine rings is 1. The first-order chi connectivity index (χ1) is 12.2. The highest BCUT2D eigenvalue weighted by Crippen LogP contribution is 2.21. The molecule has 126 valence electrons. The van der Waals surface area contributed by atoms with Crippen LogP contribution in [0.1, 0.15) is 22.8 Å². The van der Waals surface area contributed by atoms with Gasteiger partial charge in [0.05, 0.1) is 11.9 Å². The van der Waals surface area contributed by atoms with Gasteiger partial charge in [-0.15, -0.1) is 0 Å². The molecule has 0 aliphatic rings. The van der Waals surface area contributed by atoms with E-state index in [0.29, 0.717) is 11.3 Å². The third-order valence-electron chi connectivity index (χ3n) is 3.77. The lowest BCUT2D eigenvalue weighted by molar-refractivity contribution is 0.102. The fourth-order valence-corrected chi connectivity index (χ4v) is 2.86. The molecule has 2 aromatic carbocycles. The molecule has 0 radical (unpaired) electrons. The van der Waals surface area contributed by atoms with Gasteiger partial charge in [-0.2, -0.15) is 0 Å². The van der Waals surface area contributed by atoms with Gasteiger partial charge in [-0.1, -0.05) is 47.1 Å². The van der Waals surface area contributed by atoms with E-state index in [2.05, 4.69) is 44.5 Å². The van der Waals surface area contributed by atoms with Crippen molar-refractivity contribution in [3.05, 3.63) is 82.5 Å². The maximum absolute atomic E-state index is 12.3. The van der Waals surface area contributed by atoms with Gasteiger partial charge in [-0.3, -0.25) is 4.79 Å². The molecule has 0 atom stereocenters. The topological polar surface area (TPSA) is 54.0 Å². The van der Waals surface area contributed by atoms with Gasteiger partial charge in [0.1, 0.15) is 5.82 Å². The molecule has 4 nitrogen and oxygen atoms in total. The number of carbonyl (C=O) groups is 1. The van der Waals surface area contributed by atoms with Gasteiger partial charge in [-0.05, 0) is 48.4 Å². The van der Waals surface area contributed by atoms with Crippen molar-refractivity contribution in [2.45, 2.75) is 13.3 Å². The molecule has 0 saturated heterocycles. The second kappa shape index (κ2) is 7.94. The van der Waals surface area contributed by atoms with Crippen molar-refractivity contribution in [3.63, 3.8) is 0 Å². The summed E-state index contributed by atoms with van der Waals surface area (Å²) in [7, 11) is 0. The number of nitrogens with one attached hydrogen (secondary N) is 2. The lowest BCUT2D eigenvalue weighted by atomic mass is 10.1. The van der Waals surface area contributed by atoms with Crippen molar-refractivity contribution >= 4 is 39.0 Å². The van der Waals surface area contributed by atoms with E-state index in [1.54, 1.807) is 18.3 Å². The normalized spacial score (nSPS) is 10.3. The molecular formula is C20H18BrN3O. The van der Waals surface area contributed by atoms with Crippen molar-refractivity contribution in [1.29, 1.82) is 0 Å². The average Bonchev–Trinajstić information content (AvgIpc) is 2.64. The summed E-state index contributed by atoms with van der Waals surface area (Å²) in [5, 5.41) is 6.16. The minimum atomic E-state index is -0.167. The molecule has 25 heavy (non-hydrogen) atoms. The summed E-state index contributed by atoms with van der Waals surface area (Å²) in [6.45, 7) is 2.12. The lowest BCUT2D eigenvalue weighted by Crippen LogP contribution is -2.12. The van der Waals surface area contributed by atoms with E-state index >= 15 is 0 Å². The quantitative estimate of drug-likeness (QED) is 0.607. The van der Waals surface area contributed by atoms with Gasteiger partial charge in [-0.25, -0.2) is 4.98 Å². The molecule has 0 unspecified atom stereocenters. The third-order valence-corrected chi connectivity index (χ3v) is 4.26. The summed E-state index contributed by atoms with van der Waals surface area (Å²) in [5.74, 6) is 0.571. The molecule has 2 N–H and O–H groups in total. The van der Waals surface area contributed by atoms with Crippen LogP contribution in [-0.4, -0.2) is 10.9 Å². The number of hydrogen-bond acceptors (Lipinski definition) is 3.